The number of carbonyl (C=O) groups is 2. The van der Waals surface area contributed by atoms with Crippen LogP contribution in [0.25, 0.3) is 0 Å². The molecule has 1 aromatic heterocycles. The van der Waals surface area contributed by atoms with Gasteiger partial charge in [-0.05, 0) is 22.4 Å². The Morgan fingerprint density at radius 2 is 2.28 bits per heavy atom. The molecule has 1 saturated heterocycles. The van der Waals surface area contributed by atoms with Crippen LogP contribution in [0, 0.1) is 5.92 Å². The molecule has 0 aromatic carbocycles. The normalized spacial score (nSPS) is 16.3. The highest BCUT2D eigenvalue weighted by molar-refractivity contribution is 7.07. The predicted octanol–water partition coefficient (Wildman–Crippen LogP) is 0.723. The molecule has 0 unspecified atom stereocenters. The Morgan fingerprint density at radius 3 is 2.83 bits per heavy atom. The minimum Gasteiger partial charge on any atom is -0.481 e. The number of amides is 1. The number of thiophene rings is 1. The van der Waals surface area contributed by atoms with E-state index in [4.69, 9.17) is 5.11 Å². The van der Waals surface area contributed by atoms with Gasteiger partial charge in [0.2, 0.25) is 5.91 Å². The van der Waals surface area contributed by atoms with Crippen molar-refractivity contribution in [3.8, 4) is 0 Å². The third-order valence-electron chi connectivity index (χ3n) is 3.09. The fourth-order valence-electron chi connectivity index (χ4n) is 1.91. The number of likely N-dealkylation sites (tertiary alicyclic amines) is 1. The van der Waals surface area contributed by atoms with E-state index in [1.165, 1.54) is 0 Å². The lowest BCUT2D eigenvalue weighted by Gasteiger charge is -2.36. The zero-order valence-electron chi connectivity index (χ0n) is 10.2. The molecule has 2 rings (SSSR count). The van der Waals surface area contributed by atoms with Gasteiger partial charge in [-0.3, -0.25) is 14.5 Å². The van der Waals surface area contributed by atoms with Crippen molar-refractivity contribution in [2.45, 2.75) is 6.54 Å². The quantitative estimate of drug-likeness (QED) is 0.855. The molecule has 0 atom stereocenters. The van der Waals surface area contributed by atoms with Crippen molar-refractivity contribution < 1.29 is 14.7 Å². The zero-order valence-corrected chi connectivity index (χ0v) is 11.0. The first-order chi connectivity index (χ1) is 8.56. The molecule has 5 nitrogen and oxygen atoms in total. The molecule has 1 aromatic rings. The second kappa shape index (κ2) is 5.49. The van der Waals surface area contributed by atoms with Crippen LogP contribution in [-0.2, 0) is 16.1 Å². The van der Waals surface area contributed by atoms with Crippen molar-refractivity contribution in [1.29, 1.82) is 0 Å². The van der Waals surface area contributed by atoms with Gasteiger partial charge < -0.3 is 10.0 Å². The number of carbonyl (C=O) groups excluding carboxylic acids is 1. The van der Waals surface area contributed by atoms with E-state index >= 15 is 0 Å². The summed E-state index contributed by atoms with van der Waals surface area (Å²) in [6.45, 7) is 1.88. The van der Waals surface area contributed by atoms with E-state index in [-0.39, 0.29) is 11.8 Å². The number of rotatable bonds is 5. The molecule has 1 N–H and O–H groups in total. The van der Waals surface area contributed by atoms with Gasteiger partial charge in [0.1, 0.15) is 0 Å². The standard InChI is InChI=1S/C12H16N2O3S/c1-13(4-9-2-3-18-8-9)11(15)7-14-5-10(6-14)12(16)17/h2-3,8,10H,4-7H2,1H3,(H,16,17). The van der Waals surface area contributed by atoms with Crippen LogP contribution in [0.15, 0.2) is 16.8 Å². The third kappa shape index (κ3) is 3.08. The molecule has 0 aliphatic carbocycles. The van der Waals surface area contributed by atoms with Crippen molar-refractivity contribution in [2.24, 2.45) is 5.92 Å². The largest absolute Gasteiger partial charge is 0.481 e. The number of likely N-dealkylation sites (N-methyl/N-ethyl adjacent to an activating group) is 1. The van der Waals surface area contributed by atoms with Crippen LogP contribution in [0.3, 0.4) is 0 Å². The lowest BCUT2D eigenvalue weighted by atomic mass is 10.0. The maximum absolute atomic E-state index is 11.9. The van der Waals surface area contributed by atoms with Crippen LogP contribution < -0.4 is 0 Å². The van der Waals surface area contributed by atoms with E-state index in [1.54, 1.807) is 23.3 Å². The summed E-state index contributed by atoms with van der Waals surface area (Å²) in [4.78, 5) is 26.1. The summed E-state index contributed by atoms with van der Waals surface area (Å²) in [5.74, 6) is -1.05. The van der Waals surface area contributed by atoms with Gasteiger partial charge in [-0.1, -0.05) is 0 Å². The minimum atomic E-state index is -0.773. The number of carboxylic acid groups (broad SMARTS) is 1. The number of hydrogen-bond donors (Lipinski definition) is 1. The van der Waals surface area contributed by atoms with Crippen LogP contribution in [0.4, 0.5) is 0 Å². The van der Waals surface area contributed by atoms with E-state index in [1.807, 2.05) is 21.7 Å². The highest BCUT2D eigenvalue weighted by Crippen LogP contribution is 2.15. The second-order valence-electron chi connectivity index (χ2n) is 4.61. The van der Waals surface area contributed by atoms with Gasteiger partial charge in [0.15, 0.2) is 0 Å². The van der Waals surface area contributed by atoms with Crippen LogP contribution in [-0.4, -0.2) is 53.5 Å². The van der Waals surface area contributed by atoms with E-state index in [0.717, 1.165) is 5.56 Å². The monoisotopic (exact) mass is 268 g/mol. The second-order valence-corrected chi connectivity index (χ2v) is 5.39. The molecule has 98 valence electrons. The minimum absolute atomic E-state index is 0.0324. The van der Waals surface area contributed by atoms with Gasteiger partial charge in [0.25, 0.3) is 0 Å². The summed E-state index contributed by atoms with van der Waals surface area (Å²) < 4.78 is 0. The zero-order chi connectivity index (χ0) is 13.1. The Hall–Kier alpha value is -1.40. The molecule has 1 amide bonds. The lowest BCUT2D eigenvalue weighted by Crippen LogP contribution is -2.53. The predicted molar refractivity (Wildman–Crippen MR) is 68.4 cm³/mol. The number of nitrogens with zero attached hydrogens (tertiary/aromatic N) is 2. The van der Waals surface area contributed by atoms with Crippen molar-refractivity contribution in [3.05, 3.63) is 22.4 Å². The van der Waals surface area contributed by atoms with Gasteiger partial charge in [-0.2, -0.15) is 11.3 Å². The molecule has 0 saturated carbocycles. The molecule has 1 aliphatic heterocycles. The molecule has 2 heterocycles. The fraction of sp³-hybridized carbons (Fsp3) is 0.500. The Kier molecular flexibility index (Phi) is 3.98. The summed E-state index contributed by atoms with van der Waals surface area (Å²) in [6.07, 6.45) is 0. The molecular weight excluding hydrogens is 252 g/mol. The van der Waals surface area contributed by atoms with Gasteiger partial charge >= 0.3 is 5.97 Å². The molecule has 0 radical (unpaired) electrons. The van der Waals surface area contributed by atoms with Crippen molar-refractivity contribution in [1.82, 2.24) is 9.80 Å². The van der Waals surface area contributed by atoms with Gasteiger partial charge in [-0.15, -0.1) is 0 Å². The SMILES string of the molecule is CN(Cc1ccsc1)C(=O)CN1CC(C(=O)O)C1. The Morgan fingerprint density at radius 1 is 1.56 bits per heavy atom. The fourth-order valence-corrected chi connectivity index (χ4v) is 2.57. The first kappa shape index (κ1) is 13.0. The topological polar surface area (TPSA) is 60.9 Å². The first-order valence-electron chi connectivity index (χ1n) is 5.76. The number of aliphatic carboxylic acids is 1. The number of hydrogen-bond acceptors (Lipinski definition) is 4. The Balaban J connectivity index is 1.74. The van der Waals surface area contributed by atoms with E-state index in [2.05, 4.69) is 0 Å². The van der Waals surface area contributed by atoms with Crippen molar-refractivity contribution >= 4 is 23.2 Å². The van der Waals surface area contributed by atoms with E-state index in [9.17, 15) is 9.59 Å². The molecule has 0 spiro atoms. The maximum atomic E-state index is 11.9. The van der Waals surface area contributed by atoms with Crippen LogP contribution in [0.2, 0.25) is 0 Å². The molecule has 1 fully saturated rings. The van der Waals surface area contributed by atoms with Crippen molar-refractivity contribution in [3.63, 3.8) is 0 Å². The first-order valence-corrected chi connectivity index (χ1v) is 6.70. The molecule has 6 heteroatoms. The number of carboxylic acids is 1. The summed E-state index contributed by atoms with van der Waals surface area (Å²) in [5, 5.41) is 12.8. The van der Waals surface area contributed by atoms with Gasteiger partial charge in [-0.25, -0.2) is 0 Å². The lowest BCUT2D eigenvalue weighted by molar-refractivity contribution is -0.149. The smallest absolute Gasteiger partial charge is 0.309 e. The average Bonchev–Trinajstić information content (AvgIpc) is 2.74. The summed E-state index contributed by atoms with van der Waals surface area (Å²) in [6, 6.07) is 2.00. The maximum Gasteiger partial charge on any atom is 0.309 e. The Labute approximate surface area is 110 Å². The van der Waals surface area contributed by atoms with Gasteiger partial charge in [0.05, 0.1) is 12.5 Å². The molecule has 1 aliphatic rings. The Bertz CT molecular complexity index is 427. The van der Waals surface area contributed by atoms with E-state index in [0.29, 0.717) is 26.2 Å². The van der Waals surface area contributed by atoms with Crippen molar-refractivity contribution in [2.75, 3.05) is 26.7 Å². The van der Waals surface area contributed by atoms with E-state index < -0.39 is 5.97 Å². The summed E-state index contributed by atoms with van der Waals surface area (Å²) in [7, 11) is 1.77. The van der Waals surface area contributed by atoms with Crippen LogP contribution in [0.1, 0.15) is 5.56 Å². The average molecular weight is 268 g/mol. The summed E-state index contributed by atoms with van der Waals surface area (Å²) >= 11 is 1.61. The molecular formula is C12H16N2O3S. The third-order valence-corrected chi connectivity index (χ3v) is 3.82. The molecule has 18 heavy (non-hydrogen) atoms. The van der Waals surface area contributed by atoms with Crippen LogP contribution >= 0.6 is 11.3 Å². The highest BCUT2D eigenvalue weighted by Gasteiger charge is 2.33. The molecule has 0 bridgehead atoms. The van der Waals surface area contributed by atoms with Crippen LogP contribution in [0.5, 0.6) is 0 Å². The summed E-state index contributed by atoms with van der Waals surface area (Å²) in [5.41, 5.74) is 1.13. The van der Waals surface area contributed by atoms with Gasteiger partial charge in [0, 0.05) is 26.7 Å². The highest BCUT2D eigenvalue weighted by atomic mass is 32.1.